The van der Waals surface area contributed by atoms with Crippen molar-refractivity contribution in [2.45, 2.75) is 26.2 Å². The SMILES string of the molecule is Cc1ccc(-c2nc3c(c(C(F)(F)F)n2)CNC3)c(Br)c1. The maximum absolute atomic E-state index is 13.2. The van der Waals surface area contributed by atoms with E-state index in [0.29, 0.717) is 22.3 Å². The van der Waals surface area contributed by atoms with Crippen LogP contribution in [0.25, 0.3) is 11.4 Å². The molecule has 0 unspecified atom stereocenters. The minimum absolute atomic E-state index is 0.0941. The lowest BCUT2D eigenvalue weighted by Crippen LogP contribution is -2.14. The summed E-state index contributed by atoms with van der Waals surface area (Å²) in [7, 11) is 0. The molecule has 2 heterocycles. The minimum atomic E-state index is -4.48. The van der Waals surface area contributed by atoms with Gasteiger partial charge < -0.3 is 5.32 Å². The molecule has 7 heteroatoms. The van der Waals surface area contributed by atoms with Crippen molar-refractivity contribution in [1.82, 2.24) is 15.3 Å². The number of halogens is 4. The fourth-order valence-electron chi connectivity index (χ4n) is 2.32. The molecule has 1 aromatic carbocycles. The van der Waals surface area contributed by atoms with Crippen LogP contribution in [0.4, 0.5) is 13.2 Å². The van der Waals surface area contributed by atoms with Crippen LogP contribution in [0.2, 0.25) is 0 Å². The van der Waals surface area contributed by atoms with E-state index in [2.05, 4.69) is 31.2 Å². The van der Waals surface area contributed by atoms with E-state index in [-0.39, 0.29) is 17.9 Å². The first-order valence-corrected chi connectivity index (χ1v) is 7.10. The number of fused-ring (bicyclic) bond motifs is 1. The monoisotopic (exact) mass is 357 g/mol. The molecule has 110 valence electrons. The van der Waals surface area contributed by atoms with Crippen LogP contribution in [0.3, 0.4) is 0 Å². The fraction of sp³-hybridized carbons (Fsp3) is 0.286. The molecule has 1 aromatic heterocycles. The molecular weight excluding hydrogens is 347 g/mol. The molecule has 0 saturated heterocycles. The lowest BCUT2D eigenvalue weighted by atomic mass is 10.1. The van der Waals surface area contributed by atoms with Crippen molar-refractivity contribution in [3.8, 4) is 11.4 Å². The zero-order valence-electron chi connectivity index (χ0n) is 11.1. The molecule has 0 fully saturated rings. The molecule has 0 amide bonds. The van der Waals surface area contributed by atoms with E-state index < -0.39 is 11.9 Å². The fourth-order valence-corrected chi connectivity index (χ4v) is 3.00. The van der Waals surface area contributed by atoms with Gasteiger partial charge in [-0.2, -0.15) is 13.2 Å². The summed E-state index contributed by atoms with van der Waals surface area (Å²) in [5, 5.41) is 2.89. The molecule has 1 N–H and O–H groups in total. The highest BCUT2D eigenvalue weighted by molar-refractivity contribution is 9.10. The third-order valence-corrected chi connectivity index (χ3v) is 3.98. The van der Waals surface area contributed by atoms with Crippen molar-refractivity contribution >= 4 is 15.9 Å². The van der Waals surface area contributed by atoms with E-state index in [1.807, 2.05) is 19.1 Å². The Bertz CT molecular complexity index is 713. The Hall–Kier alpha value is -1.47. The van der Waals surface area contributed by atoms with Crippen LogP contribution < -0.4 is 5.32 Å². The Kier molecular flexibility index (Phi) is 3.49. The number of hydrogen-bond donors (Lipinski definition) is 1. The number of hydrogen-bond acceptors (Lipinski definition) is 3. The van der Waals surface area contributed by atoms with Crippen molar-refractivity contribution in [3.63, 3.8) is 0 Å². The highest BCUT2D eigenvalue weighted by atomic mass is 79.9. The van der Waals surface area contributed by atoms with Gasteiger partial charge in [-0.1, -0.05) is 22.0 Å². The van der Waals surface area contributed by atoms with Crippen molar-refractivity contribution in [2.24, 2.45) is 0 Å². The lowest BCUT2D eigenvalue weighted by Gasteiger charge is -2.13. The normalized spacial score (nSPS) is 14.3. The third-order valence-electron chi connectivity index (χ3n) is 3.32. The molecule has 1 aliphatic heterocycles. The highest BCUT2D eigenvalue weighted by Gasteiger charge is 2.38. The second-order valence-electron chi connectivity index (χ2n) is 4.91. The first-order chi connectivity index (χ1) is 9.86. The summed E-state index contributed by atoms with van der Waals surface area (Å²) in [6, 6.07) is 5.38. The molecule has 3 nitrogen and oxygen atoms in total. The van der Waals surface area contributed by atoms with Gasteiger partial charge in [0.15, 0.2) is 11.5 Å². The topological polar surface area (TPSA) is 37.8 Å². The number of nitrogens with zero attached hydrogens (tertiary/aromatic N) is 2. The first-order valence-electron chi connectivity index (χ1n) is 6.30. The largest absolute Gasteiger partial charge is 0.433 e. The van der Waals surface area contributed by atoms with E-state index in [1.165, 1.54) is 0 Å². The van der Waals surface area contributed by atoms with Crippen LogP contribution in [-0.4, -0.2) is 9.97 Å². The summed E-state index contributed by atoms with van der Waals surface area (Å²) < 4.78 is 40.2. The maximum Gasteiger partial charge on any atom is 0.433 e. The van der Waals surface area contributed by atoms with E-state index >= 15 is 0 Å². The molecule has 2 aromatic rings. The van der Waals surface area contributed by atoms with Gasteiger partial charge in [-0.3, -0.25) is 0 Å². The Morgan fingerprint density at radius 1 is 1.19 bits per heavy atom. The van der Waals surface area contributed by atoms with Gasteiger partial charge >= 0.3 is 6.18 Å². The molecule has 0 spiro atoms. The first kappa shape index (κ1) is 14.5. The molecule has 0 aliphatic carbocycles. The average molecular weight is 358 g/mol. The van der Waals surface area contributed by atoms with Crippen molar-refractivity contribution in [1.29, 1.82) is 0 Å². The Balaban J connectivity index is 2.20. The van der Waals surface area contributed by atoms with E-state index in [4.69, 9.17) is 0 Å². The second-order valence-corrected chi connectivity index (χ2v) is 5.76. The van der Waals surface area contributed by atoms with Crippen LogP contribution in [-0.2, 0) is 19.3 Å². The number of aromatic nitrogens is 2. The number of aryl methyl sites for hydroxylation is 1. The molecule has 0 radical (unpaired) electrons. The summed E-state index contributed by atoms with van der Waals surface area (Å²) in [6.45, 7) is 2.39. The predicted molar refractivity (Wildman–Crippen MR) is 75.5 cm³/mol. The zero-order chi connectivity index (χ0) is 15.2. The van der Waals surface area contributed by atoms with Gasteiger partial charge in [0.05, 0.1) is 5.69 Å². The highest BCUT2D eigenvalue weighted by Crippen LogP contribution is 2.36. The minimum Gasteiger partial charge on any atom is -0.307 e. The van der Waals surface area contributed by atoms with Gasteiger partial charge in [-0.15, -0.1) is 0 Å². The Labute approximate surface area is 127 Å². The van der Waals surface area contributed by atoms with Gasteiger partial charge in [-0.05, 0) is 24.6 Å². The van der Waals surface area contributed by atoms with Crippen LogP contribution in [0.15, 0.2) is 22.7 Å². The summed E-state index contributed by atoms with van der Waals surface area (Å²) in [4.78, 5) is 8.05. The Morgan fingerprint density at radius 2 is 1.95 bits per heavy atom. The molecule has 21 heavy (non-hydrogen) atoms. The number of nitrogens with one attached hydrogen (secondary N) is 1. The van der Waals surface area contributed by atoms with Gasteiger partial charge in [0.2, 0.25) is 0 Å². The quantitative estimate of drug-likeness (QED) is 0.842. The van der Waals surface area contributed by atoms with Gasteiger partial charge in [0, 0.05) is 28.7 Å². The van der Waals surface area contributed by atoms with Crippen molar-refractivity contribution in [2.75, 3.05) is 0 Å². The number of alkyl halides is 3. The lowest BCUT2D eigenvalue weighted by molar-refractivity contribution is -0.141. The molecular formula is C14H11BrF3N3. The smallest absolute Gasteiger partial charge is 0.307 e. The van der Waals surface area contributed by atoms with Crippen LogP contribution in [0.5, 0.6) is 0 Å². The standard InChI is InChI=1S/C14H11BrF3N3/c1-7-2-3-8(10(15)4-7)13-20-11-6-19-5-9(11)12(21-13)14(16,17)18/h2-4,19H,5-6H2,1H3. The third kappa shape index (κ3) is 2.67. The molecule has 0 saturated carbocycles. The van der Waals surface area contributed by atoms with Crippen LogP contribution in [0, 0.1) is 6.92 Å². The predicted octanol–water partition coefficient (Wildman–Crippen LogP) is 3.84. The number of benzene rings is 1. The maximum atomic E-state index is 13.2. The zero-order valence-corrected chi connectivity index (χ0v) is 12.6. The summed E-state index contributed by atoms with van der Waals surface area (Å²) in [5.41, 5.74) is 1.28. The molecule has 3 rings (SSSR count). The van der Waals surface area contributed by atoms with Gasteiger partial charge in [0.25, 0.3) is 0 Å². The number of rotatable bonds is 1. The summed E-state index contributed by atoms with van der Waals surface area (Å²) in [6.07, 6.45) is -4.48. The van der Waals surface area contributed by atoms with E-state index in [0.717, 1.165) is 5.56 Å². The van der Waals surface area contributed by atoms with Gasteiger partial charge in [-0.25, -0.2) is 9.97 Å². The van der Waals surface area contributed by atoms with E-state index in [9.17, 15) is 13.2 Å². The van der Waals surface area contributed by atoms with Crippen molar-refractivity contribution < 1.29 is 13.2 Å². The summed E-state index contributed by atoms with van der Waals surface area (Å²) in [5.74, 6) is 0.0941. The van der Waals surface area contributed by atoms with Crippen molar-refractivity contribution in [3.05, 3.63) is 45.2 Å². The Morgan fingerprint density at radius 3 is 2.62 bits per heavy atom. The van der Waals surface area contributed by atoms with Gasteiger partial charge in [0.1, 0.15) is 0 Å². The average Bonchev–Trinajstić information content (AvgIpc) is 2.84. The van der Waals surface area contributed by atoms with Crippen LogP contribution >= 0.6 is 15.9 Å². The molecule has 0 atom stereocenters. The summed E-state index contributed by atoms with van der Waals surface area (Å²) >= 11 is 3.36. The van der Waals surface area contributed by atoms with E-state index in [1.54, 1.807) is 6.07 Å². The molecule has 0 bridgehead atoms. The van der Waals surface area contributed by atoms with Crippen LogP contribution in [0.1, 0.15) is 22.5 Å². The second kappa shape index (κ2) is 5.06. The molecule has 1 aliphatic rings.